The third-order valence-corrected chi connectivity index (χ3v) is 4.30. The molecule has 5 nitrogen and oxygen atoms in total. The summed E-state index contributed by atoms with van der Waals surface area (Å²) in [6, 6.07) is 5.21. The molecule has 0 bridgehead atoms. The zero-order chi connectivity index (χ0) is 15.4. The molecule has 2 aromatic rings. The normalized spacial score (nSPS) is 11.0. The Balaban J connectivity index is 2.01. The van der Waals surface area contributed by atoms with Crippen LogP contribution in [0.25, 0.3) is 0 Å². The Morgan fingerprint density at radius 2 is 2.24 bits per heavy atom. The van der Waals surface area contributed by atoms with Crippen LogP contribution in [0.4, 0.5) is 0 Å². The number of carboxylic acids is 1. The number of nitrogens with zero attached hydrogens (tertiary/aromatic N) is 2. The van der Waals surface area contributed by atoms with Crippen LogP contribution in [0.3, 0.4) is 0 Å². The fourth-order valence-electron chi connectivity index (χ4n) is 1.70. The van der Waals surface area contributed by atoms with Crippen LogP contribution in [0.15, 0.2) is 32.1 Å². The number of aromatic nitrogens is 2. The second-order valence-electron chi connectivity index (χ2n) is 4.94. The number of thioether (sulfide) groups is 1. The summed E-state index contributed by atoms with van der Waals surface area (Å²) in [5, 5.41) is 13.0. The quantitative estimate of drug-likeness (QED) is 0.773. The highest BCUT2D eigenvalue weighted by atomic mass is 79.9. The highest BCUT2D eigenvalue weighted by molar-refractivity contribution is 9.10. The van der Waals surface area contributed by atoms with Gasteiger partial charge in [-0.1, -0.05) is 19.0 Å². The van der Waals surface area contributed by atoms with Gasteiger partial charge in [0.1, 0.15) is 0 Å². The Hall–Kier alpha value is -1.34. The van der Waals surface area contributed by atoms with E-state index in [1.807, 2.05) is 6.07 Å². The molecule has 1 aromatic carbocycles. The minimum absolute atomic E-state index is 0.242. The lowest BCUT2D eigenvalue weighted by atomic mass is 10.1. The first-order chi connectivity index (χ1) is 9.95. The standard InChI is InChI=1S/C14H15BrN2O3S/c1-8(2)5-12-16-13(20-17-12)7-21-9-3-4-11(15)10(6-9)14(18)19/h3-4,6,8H,5,7H2,1-2H3,(H,18,19). The molecule has 0 amide bonds. The Morgan fingerprint density at radius 3 is 2.90 bits per heavy atom. The van der Waals surface area contributed by atoms with Crippen molar-refractivity contribution in [1.82, 2.24) is 10.1 Å². The van der Waals surface area contributed by atoms with Crippen LogP contribution in [-0.2, 0) is 12.2 Å². The molecule has 0 aliphatic rings. The van der Waals surface area contributed by atoms with Gasteiger partial charge in [-0.25, -0.2) is 4.79 Å². The summed E-state index contributed by atoms with van der Waals surface area (Å²) in [5.41, 5.74) is 0.242. The molecule has 0 saturated heterocycles. The second kappa shape index (κ2) is 7.09. The molecule has 0 unspecified atom stereocenters. The lowest BCUT2D eigenvalue weighted by molar-refractivity contribution is 0.0695. The molecule has 0 aliphatic heterocycles. The topological polar surface area (TPSA) is 76.2 Å². The number of halogens is 1. The molecule has 0 spiro atoms. The number of hydrogen-bond donors (Lipinski definition) is 1. The van der Waals surface area contributed by atoms with Crippen LogP contribution in [-0.4, -0.2) is 21.2 Å². The molecule has 1 aromatic heterocycles. The molecule has 2 rings (SSSR count). The van der Waals surface area contributed by atoms with Gasteiger partial charge < -0.3 is 9.63 Å². The fourth-order valence-corrected chi connectivity index (χ4v) is 2.89. The smallest absolute Gasteiger partial charge is 0.336 e. The van der Waals surface area contributed by atoms with E-state index in [-0.39, 0.29) is 5.56 Å². The van der Waals surface area contributed by atoms with Gasteiger partial charge in [-0.15, -0.1) is 11.8 Å². The molecule has 1 N–H and O–H groups in total. The maximum atomic E-state index is 11.1. The van der Waals surface area contributed by atoms with E-state index in [9.17, 15) is 4.79 Å². The minimum Gasteiger partial charge on any atom is -0.478 e. The summed E-state index contributed by atoms with van der Waals surface area (Å²) in [5.74, 6) is 1.30. The van der Waals surface area contributed by atoms with Gasteiger partial charge >= 0.3 is 5.97 Å². The molecule has 7 heteroatoms. The molecule has 0 saturated carbocycles. The SMILES string of the molecule is CC(C)Cc1noc(CSc2ccc(Br)c(C(=O)O)c2)n1. The highest BCUT2D eigenvalue weighted by Crippen LogP contribution is 2.27. The Labute approximate surface area is 135 Å². The molecule has 0 radical (unpaired) electrons. The van der Waals surface area contributed by atoms with Crippen molar-refractivity contribution in [2.45, 2.75) is 30.9 Å². The van der Waals surface area contributed by atoms with Gasteiger partial charge in [0.15, 0.2) is 5.82 Å². The van der Waals surface area contributed by atoms with E-state index in [1.54, 1.807) is 12.1 Å². The highest BCUT2D eigenvalue weighted by Gasteiger charge is 2.11. The van der Waals surface area contributed by atoms with Crippen molar-refractivity contribution in [2.24, 2.45) is 5.92 Å². The molecule has 112 valence electrons. The summed E-state index contributed by atoms with van der Waals surface area (Å²) >= 11 is 4.69. The largest absolute Gasteiger partial charge is 0.478 e. The lowest BCUT2D eigenvalue weighted by Crippen LogP contribution is -1.97. The number of carboxylic acid groups (broad SMARTS) is 1. The predicted molar refractivity (Wildman–Crippen MR) is 83.5 cm³/mol. The van der Waals surface area contributed by atoms with Gasteiger partial charge in [0.25, 0.3) is 0 Å². The van der Waals surface area contributed by atoms with Crippen molar-refractivity contribution in [2.75, 3.05) is 0 Å². The zero-order valence-corrected chi connectivity index (χ0v) is 14.1. The van der Waals surface area contributed by atoms with Gasteiger partial charge in [0.2, 0.25) is 5.89 Å². The van der Waals surface area contributed by atoms with E-state index in [0.29, 0.717) is 27.9 Å². The van der Waals surface area contributed by atoms with Crippen LogP contribution in [0.2, 0.25) is 0 Å². The van der Waals surface area contributed by atoms with Crippen molar-refractivity contribution < 1.29 is 14.4 Å². The average Bonchev–Trinajstić information content (AvgIpc) is 2.84. The van der Waals surface area contributed by atoms with E-state index in [4.69, 9.17) is 9.63 Å². The van der Waals surface area contributed by atoms with Crippen molar-refractivity contribution in [3.05, 3.63) is 40.0 Å². The third kappa shape index (κ3) is 4.57. The van der Waals surface area contributed by atoms with Crippen molar-refractivity contribution in [3.63, 3.8) is 0 Å². The molecule has 21 heavy (non-hydrogen) atoms. The molecule has 0 fully saturated rings. The van der Waals surface area contributed by atoms with Crippen molar-refractivity contribution >= 4 is 33.7 Å². The molecular formula is C14H15BrN2O3S. The van der Waals surface area contributed by atoms with Crippen LogP contribution in [0.1, 0.15) is 35.9 Å². The summed E-state index contributed by atoms with van der Waals surface area (Å²) in [6.45, 7) is 4.19. The Morgan fingerprint density at radius 1 is 1.48 bits per heavy atom. The average molecular weight is 371 g/mol. The van der Waals surface area contributed by atoms with Gasteiger partial charge in [-0.3, -0.25) is 0 Å². The fraction of sp³-hybridized carbons (Fsp3) is 0.357. The summed E-state index contributed by atoms with van der Waals surface area (Å²) in [4.78, 5) is 16.2. The maximum absolute atomic E-state index is 11.1. The van der Waals surface area contributed by atoms with Crippen LogP contribution in [0, 0.1) is 5.92 Å². The molecular weight excluding hydrogens is 356 g/mol. The van der Waals surface area contributed by atoms with E-state index in [1.165, 1.54) is 11.8 Å². The first-order valence-corrected chi connectivity index (χ1v) is 8.20. The maximum Gasteiger partial charge on any atom is 0.336 e. The van der Waals surface area contributed by atoms with Gasteiger partial charge in [-0.2, -0.15) is 4.98 Å². The first kappa shape index (κ1) is 16.0. The Kier molecular flexibility index (Phi) is 5.41. The van der Waals surface area contributed by atoms with E-state index < -0.39 is 5.97 Å². The lowest BCUT2D eigenvalue weighted by Gasteiger charge is -2.03. The van der Waals surface area contributed by atoms with Gasteiger partial charge in [-0.05, 0) is 40.0 Å². The first-order valence-electron chi connectivity index (χ1n) is 6.43. The van der Waals surface area contributed by atoms with Gasteiger partial charge in [0.05, 0.1) is 11.3 Å². The number of rotatable bonds is 6. The van der Waals surface area contributed by atoms with Crippen LogP contribution < -0.4 is 0 Å². The van der Waals surface area contributed by atoms with Gasteiger partial charge in [0, 0.05) is 15.8 Å². The zero-order valence-electron chi connectivity index (χ0n) is 11.7. The van der Waals surface area contributed by atoms with Crippen LogP contribution in [0.5, 0.6) is 0 Å². The molecule has 0 atom stereocenters. The number of aromatic carboxylic acids is 1. The van der Waals surface area contributed by atoms with Crippen molar-refractivity contribution in [1.29, 1.82) is 0 Å². The van der Waals surface area contributed by atoms with Crippen molar-refractivity contribution in [3.8, 4) is 0 Å². The third-order valence-electron chi connectivity index (χ3n) is 2.63. The number of hydrogen-bond acceptors (Lipinski definition) is 5. The summed E-state index contributed by atoms with van der Waals surface area (Å²) in [6.07, 6.45) is 0.787. The number of benzene rings is 1. The van der Waals surface area contributed by atoms with E-state index in [0.717, 1.165) is 11.3 Å². The number of carbonyl (C=O) groups is 1. The Bertz CT molecular complexity index is 643. The van der Waals surface area contributed by atoms with Crippen LogP contribution >= 0.6 is 27.7 Å². The predicted octanol–water partition coefficient (Wildman–Crippen LogP) is 4.02. The summed E-state index contributed by atoms with van der Waals surface area (Å²) < 4.78 is 5.75. The molecule has 1 heterocycles. The molecule has 0 aliphatic carbocycles. The summed E-state index contributed by atoms with van der Waals surface area (Å²) in [7, 11) is 0. The second-order valence-corrected chi connectivity index (χ2v) is 6.84. The monoisotopic (exact) mass is 370 g/mol. The minimum atomic E-state index is -0.957. The van der Waals surface area contributed by atoms with E-state index >= 15 is 0 Å². The van der Waals surface area contributed by atoms with E-state index in [2.05, 4.69) is 39.9 Å².